The Kier molecular flexibility index (Phi) is 8.78. The van der Waals surface area contributed by atoms with E-state index in [0.29, 0.717) is 18.1 Å². The molecule has 0 saturated heterocycles. The summed E-state index contributed by atoms with van der Waals surface area (Å²) in [4.78, 5) is 22.7. The molecule has 1 N–H and O–H groups in total. The lowest BCUT2D eigenvalue weighted by Crippen LogP contribution is -2.28. The molecule has 5 heterocycles. The number of fused-ring (bicyclic) bond motifs is 7. The summed E-state index contributed by atoms with van der Waals surface area (Å²) in [5, 5.41) is 17.5. The van der Waals surface area contributed by atoms with Gasteiger partial charge in [-0.15, -0.1) is 11.3 Å². The SMILES string of the molecule is Cc1cc2nc3sc2c(c1[C@H](OC(C)(C)C)C(=O)O)-c1ccc2c(c1)C(CCCC[C@H](C)Oc1cnccc1-c1nn(C)c4ccc-3cc14)CCO2. The van der Waals surface area contributed by atoms with Crippen molar-refractivity contribution in [2.45, 2.75) is 90.4 Å². The minimum atomic E-state index is -1.17. The third-order valence-corrected chi connectivity index (χ3v) is 11.4. The van der Waals surface area contributed by atoms with Gasteiger partial charge in [-0.05, 0) is 125 Å². The van der Waals surface area contributed by atoms with Gasteiger partial charge in [0, 0.05) is 40.9 Å². The van der Waals surface area contributed by atoms with Crippen LogP contribution in [0.3, 0.4) is 0 Å². The normalized spacial score (nSPS) is 18.2. The molecule has 8 rings (SSSR count). The summed E-state index contributed by atoms with van der Waals surface area (Å²) >= 11 is 1.58. The molecule has 9 nitrogen and oxygen atoms in total. The zero-order valence-corrected chi connectivity index (χ0v) is 31.3. The van der Waals surface area contributed by atoms with Gasteiger partial charge in [-0.1, -0.05) is 12.5 Å². The number of hydrogen-bond donors (Lipinski definition) is 1. The van der Waals surface area contributed by atoms with E-state index in [2.05, 4.69) is 48.3 Å². The molecule has 268 valence electrons. The molecule has 3 aromatic carbocycles. The number of rotatable bonds is 3. The third-order valence-electron chi connectivity index (χ3n) is 10.2. The van der Waals surface area contributed by atoms with Gasteiger partial charge >= 0.3 is 5.97 Å². The number of pyridine rings is 1. The summed E-state index contributed by atoms with van der Waals surface area (Å²) in [7, 11) is 1.96. The number of benzene rings is 3. The van der Waals surface area contributed by atoms with Crippen LogP contribution in [0.2, 0.25) is 0 Å². The highest BCUT2D eigenvalue weighted by atomic mass is 32.1. The molecular formula is C42H44N4O5S. The van der Waals surface area contributed by atoms with Crippen molar-refractivity contribution >= 4 is 38.4 Å². The number of aryl methyl sites for hydroxylation is 2. The molecule has 0 fully saturated rings. The maximum atomic E-state index is 13.1. The van der Waals surface area contributed by atoms with Crippen molar-refractivity contribution in [3.05, 3.63) is 77.6 Å². The van der Waals surface area contributed by atoms with Crippen LogP contribution in [0.15, 0.2) is 60.9 Å². The molecule has 1 unspecified atom stereocenters. The highest BCUT2D eigenvalue weighted by molar-refractivity contribution is 7.22. The quantitative estimate of drug-likeness (QED) is 0.193. The summed E-state index contributed by atoms with van der Waals surface area (Å²) in [6.07, 6.45) is 7.35. The van der Waals surface area contributed by atoms with Crippen LogP contribution in [0.5, 0.6) is 11.5 Å². The Morgan fingerprint density at radius 1 is 1.04 bits per heavy atom. The number of carboxylic acid groups (broad SMARTS) is 1. The van der Waals surface area contributed by atoms with Gasteiger partial charge in [0.2, 0.25) is 0 Å². The second kappa shape index (κ2) is 13.3. The molecule has 2 aliphatic rings. The van der Waals surface area contributed by atoms with Crippen LogP contribution in [0.25, 0.3) is 54.1 Å². The van der Waals surface area contributed by atoms with Crippen LogP contribution >= 0.6 is 11.3 Å². The zero-order valence-electron chi connectivity index (χ0n) is 30.5. The predicted molar refractivity (Wildman–Crippen MR) is 205 cm³/mol. The third kappa shape index (κ3) is 6.32. The Hall–Kier alpha value is -4.80. The highest BCUT2D eigenvalue weighted by Crippen LogP contribution is 2.47. The van der Waals surface area contributed by atoms with E-state index in [1.54, 1.807) is 23.7 Å². The summed E-state index contributed by atoms with van der Waals surface area (Å²) < 4.78 is 21.9. The van der Waals surface area contributed by atoms with E-state index < -0.39 is 17.7 Å². The van der Waals surface area contributed by atoms with Gasteiger partial charge in [0.15, 0.2) is 6.10 Å². The molecule has 0 aliphatic carbocycles. The molecule has 2 aliphatic heterocycles. The highest BCUT2D eigenvalue weighted by Gasteiger charge is 2.33. The fraction of sp³-hybridized carbons (Fsp3) is 0.381. The molecule has 6 bridgehead atoms. The summed E-state index contributed by atoms with van der Waals surface area (Å²) in [6.45, 7) is 10.5. The monoisotopic (exact) mass is 716 g/mol. The maximum absolute atomic E-state index is 13.1. The van der Waals surface area contributed by atoms with Gasteiger partial charge in [0.05, 0.1) is 40.2 Å². The topological polar surface area (TPSA) is 109 Å². The van der Waals surface area contributed by atoms with Crippen molar-refractivity contribution in [3.8, 4) is 44.5 Å². The first-order valence-electron chi connectivity index (χ1n) is 18.1. The maximum Gasteiger partial charge on any atom is 0.337 e. The number of nitrogens with zero attached hydrogens (tertiary/aromatic N) is 4. The van der Waals surface area contributed by atoms with Crippen LogP contribution in [0.4, 0.5) is 0 Å². The minimum absolute atomic E-state index is 0.000727. The molecule has 52 heavy (non-hydrogen) atoms. The van der Waals surface area contributed by atoms with E-state index in [9.17, 15) is 9.90 Å². The van der Waals surface area contributed by atoms with Crippen LogP contribution in [0, 0.1) is 6.92 Å². The van der Waals surface area contributed by atoms with Gasteiger partial charge in [0.25, 0.3) is 0 Å². The first-order chi connectivity index (χ1) is 24.9. The Morgan fingerprint density at radius 3 is 2.65 bits per heavy atom. The number of carbonyl (C=O) groups is 1. The molecule has 6 aromatic rings. The van der Waals surface area contributed by atoms with Crippen LogP contribution < -0.4 is 9.47 Å². The second-order valence-corrected chi connectivity index (χ2v) is 16.2. The van der Waals surface area contributed by atoms with Crippen molar-refractivity contribution in [2.75, 3.05) is 6.61 Å². The Morgan fingerprint density at radius 2 is 1.85 bits per heavy atom. The predicted octanol–water partition coefficient (Wildman–Crippen LogP) is 10.0. The molecule has 3 aromatic heterocycles. The van der Waals surface area contributed by atoms with Crippen LogP contribution in [-0.4, -0.2) is 49.1 Å². The van der Waals surface area contributed by atoms with E-state index in [1.807, 2.05) is 51.6 Å². The van der Waals surface area contributed by atoms with E-state index >= 15 is 0 Å². The Balaban J connectivity index is 1.39. The van der Waals surface area contributed by atoms with E-state index in [1.165, 1.54) is 5.56 Å². The number of aromatic nitrogens is 4. The van der Waals surface area contributed by atoms with Gasteiger partial charge < -0.3 is 19.3 Å². The zero-order chi connectivity index (χ0) is 36.3. The molecular weight excluding hydrogens is 673 g/mol. The average molecular weight is 717 g/mol. The molecule has 0 amide bonds. The van der Waals surface area contributed by atoms with Crippen molar-refractivity contribution in [1.82, 2.24) is 19.7 Å². The average Bonchev–Trinajstić information content (AvgIpc) is 3.68. The minimum Gasteiger partial charge on any atom is -0.493 e. The van der Waals surface area contributed by atoms with Crippen molar-refractivity contribution < 1.29 is 24.1 Å². The molecule has 3 atom stereocenters. The Labute approximate surface area is 307 Å². The first kappa shape index (κ1) is 34.3. The van der Waals surface area contributed by atoms with Crippen molar-refractivity contribution in [2.24, 2.45) is 7.05 Å². The van der Waals surface area contributed by atoms with Crippen LogP contribution in [-0.2, 0) is 16.6 Å². The number of thiazole rings is 1. The van der Waals surface area contributed by atoms with Gasteiger partial charge in [-0.3, -0.25) is 9.67 Å². The van der Waals surface area contributed by atoms with Gasteiger partial charge in [-0.2, -0.15) is 5.10 Å². The lowest BCUT2D eigenvalue weighted by Gasteiger charge is -2.29. The van der Waals surface area contributed by atoms with Gasteiger partial charge in [-0.25, -0.2) is 9.78 Å². The standard InChI is InChI=1S/C42H44N4O5S/c1-23-19-31-39-36(35(23)38(41(47)48)51-42(3,4)5)26-12-14-33-29(20-26)25(16-18-49-33)10-8-7-9-24(2)50-34-22-43-17-15-28(34)37-30-21-27(40(44-31)52-39)11-13-32(30)46(6)45-37/h11-15,17,19-22,24-25,38H,7-10,16,18H2,1-6H3,(H,47,48)/t24-,25?,38-/m0/s1. The fourth-order valence-corrected chi connectivity index (χ4v) is 8.95. The molecule has 0 spiro atoms. The van der Waals surface area contributed by atoms with E-state index in [0.717, 1.165) is 103 Å². The first-order valence-corrected chi connectivity index (χ1v) is 19.0. The smallest absolute Gasteiger partial charge is 0.337 e. The van der Waals surface area contributed by atoms with E-state index in [4.69, 9.17) is 24.3 Å². The second-order valence-electron chi connectivity index (χ2n) is 15.2. The summed E-state index contributed by atoms with van der Waals surface area (Å²) in [6, 6.07) is 16.7. The fourth-order valence-electron chi connectivity index (χ4n) is 7.83. The van der Waals surface area contributed by atoms with Crippen LogP contribution in [0.1, 0.15) is 88.5 Å². The lowest BCUT2D eigenvalue weighted by atomic mass is 9.85. The Bertz CT molecular complexity index is 2340. The molecule has 0 radical (unpaired) electrons. The molecule has 0 saturated carbocycles. The number of aliphatic carboxylic acids is 1. The van der Waals surface area contributed by atoms with Crippen molar-refractivity contribution in [3.63, 3.8) is 0 Å². The lowest BCUT2D eigenvalue weighted by molar-refractivity contribution is -0.160. The van der Waals surface area contributed by atoms with E-state index in [-0.39, 0.29) is 6.10 Å². The number of ether oxygens (including phenoxy) is 3. The van der Waals surface area contributed by atoms with Gasteiger partial charge in [0.1, 0.15) is 22.2 Å². The largest absolute Gasteiger partial charge is 0.493 e. The number of hydrogen-bond acceptors (Lipinski definition) is 8. The van der Waals surface area contributed by atoms with Crippen molar-refractivity contribution in [1.29, 1.82) is 0 Å². The summed E-state index contributed by atoms with van der Waals surface area (Å²) in [5.74, 6) is 0.928. The number of carboxylic acids is 1. The molecule has 10 heteroatoms. The summed E-state index contributed by atoms with van der Waals surface area (Å²) in [5.41, 5.74) is 8.25.